The summed E-state index contributed by atoms with van der Waals surface area (Å²) in [7, 11) is 1.60. The summed E-state index contributed by atoms with van der Waals surface area (Å²) in [4.78, 5) is 29.5. The van der Waals surface area contributed by atoms with Gasteiger partial charge in [0.05, 0.1) is 7.11 Å². The van der Waals surface area contributed by atoms with Gasteiger partial charge in [-0.3, -0.25) is 9.59 Å². The number of amides is 2. The third-order valence-corrected chi connectivity index (χ3v) is 5.84. The number of carbonyl (C=O) groups excluding carboxylic acids is 2. The van der Waals surface area contributed by atoms with E-state index in [1.165, 1.54) is 0 Å². The molecule has 0 spiro atoms. The molecule has 188 valence electrons. The highest BCUT2D eigenvalue weighted by Gasteiger charge is 2.16. The molecule has 38 heavy (non-hydrogen) atoms. The number of hydrogen-bond donors (Lipinski definition) is 3. The van der Waals surface area contributed by atoms with Crippen LogP contribution in [-0.2, 0) is 4.79 Å². The van der Waals surface area contributed by atoms with E-state index in [1.807, 2.05) is 54.6 Å². The number of aromatic amines is 1. The second-order valence-electron chi connectivity index (χ2n) is 8.43. The third kappa shape index (κ3) is 5.74. The molecule has 7 nitrogen and oxygen atoms in total. The Labute approximate surface area is 219 Å². The van der Waals surface area contributed by atoms with Crippen LogP contribution in [0.25, 0.3) is 17.0 Å². The molecule has 0 unspecified atom stereocenters. The molecule has 5 aromatic rings. The Morgan fingerprint density at radius 1 is 0.789 bits per heavy atom. The van der Waals surface area contributed by atoms with Gasteiger partial charge >= 0.3 is 0 Å². The maximum Gasteiger partial charge on any atom is 0.272 e. The minimum absolute atomic E-state index is 0.0900. The van der Waals surface area contributed by atoms with Crippen LogP contribution in [0.5, 0.6) is 17.2 Å². The van der Waals surface area contributed by atoms with Gasteiger partial charge in [-0.1, -0.05) is 36.4 Å². The lowest BCUT2D eigenvalue weighted by atomic mass is 10.1. The number of H-pyrrole nitrogens is 1. The third-order valence-electron chi connectivity index (χ3n) is 5.84. The van der Waals surface area contributed by atoms with E-state index in [9.17, 15) is 9.59 Å². The minimum Gasteiger partial charge on any atom is -0.497 e. The monoisotopic (exact) mass is 503 g/mol. The Balaban J connectivity index is 1.41. The number of ether oxygens (including phenoxy) is 2. The highest BCUT2D eigenvalue weighted by molar-refractivity contribution is 6.11. The van der Waals surface area contributed by atoms with Crippen LogP contribution in [0.1, 0.15) is 15.9 Å². The first kappa shape index (κ1) is 24.4. The number of methoxy groups -OCH3 is 1. The number of fused-ring (bicyclic) bond motifs is 1. The molecule has 0 radical (unpaired) electrons. The molecule has 7 heteroatoms. The minimum atomic E-state index is -0.469. The Morgan fingerprint density at radius 3 is 2.16 bits per heavy atom. The van der Waals surface area contributed by atoms with Gasteiger partial charge in [0.1, 0.15) is 22.9 Å². The fraction of sp³-hybridized carbons (Fsp3) is 0.0323. The van der Waals surface area contributed by atoms with E-state index in [2.05, 4.69) is 15.6 Å². The smallest absolute Gasteiger partial charge is 0.272 e. The molecule has 0 fully saturated rings. The van der Waals surface area contributed by atoms with Crippen molar-refractivity contribution in [3.05, 3.63) is 126 Å². The van der Waals surface area contributed by atoms with Gasteiger partial charge < -0.3 is 25.1 Å². The normalized spacial score (nSPS) is 11.1. The molecule has 0 aliphatic carbocycles. The van der Waals surface area contributed by atoms with Crippen molar-refractivity contribution in [1.82, 2.24) is 10.3 Å². The zero-order valence-electron chi connectivity index (χ0n) is 20.6. The van der Waals surface area contributed by atoms with Crippen molar-refractivity contribution < 1.29 is 19.1 Å². The zero-order valence-corrected chi connectivity index (χ0v) is 20.6. The second-order valence-corrected chi connectivity index (χ2v) is 8.43. The van der Waals surface area contributed by atoms with Crippen molar-refractivity contribution >= 4 is 34.5 Å². The first-order valence-electron chi connectivity index (χ1n) is 12.0. The number of carbonyl (C=O) groups is 2. The molecule has 0 bridgehead atoms. The Bertz CT molecular complexity index is 1590. The molecule has 0 atom stereocenters. The number of anilines is 1. The molecule has 5 rings (SSSR count). The zero-order chi connectivity index (χ0) is 26.3. The van der Waals surface area contributed by atoms with Gasteiger partial charge in [-0.05, 0) is 72.8 Å². The summed E-state index contributed by atoms with van der Waals surface area (Å²) in [6.07, 6.45) is 3.42. The lowest BCUT2D eigenvalue weighted by molar-refractivity contribution is -0.113. The summed E-state index contributed by atoms with van der Waals surface area (Å²) in [6, 6.07) is 30.8. The van der Waals surface area contributed by atoms with E-state index in [1.54, 1.807) is 67.9 Å². The first-order chi connectivity index (χ1) is 18.6. The van der Waals surface area contributed by atoms with Crippen LogP contribution in [0.3, 0.4) is 0 Å². The van der Waals surface area contributed by atoms with E-state index in [4.69, 9.17) is 9.47 Å². The highest BCUT2D eigenvalue weighted by atomic mass is 16.5. The van der Waals surface area contributed by atoms with Crippen LogP contribution in [-0.4, -0.2) is 23.9 Å². The van der Waals surface area contributed by atoms with Gasteiger partial charge in [0, 0.05) is 33.9 Å². The molecule has 0 saturated carbocycles. The fourth-order valence-electron chi connectivity index (χ4n) is 3.89. The molecule has 3 N–H and O–H groups in total. The summed E-state index contributed by atoms with van der Waals surface area (Å²) in [6.45, 7) is 0. The highest BCUT2D eigenvalue weighted by Crippen LogP contribution is 2.26. The van der Waals surface area contributed by atoms with Crippen molar-refractivity contribution in [3.8, 4) is 17.2 Å². The van der Waals surface area contributed by atoms with Crippen LogP contribution in [0, 0.1) is 0 Å². The van der Waals surface area contributed by atoms with Crippen molar-refractivity contribution in [1.29, 1.82) is 0 Å². The average molecular weight is 504 g/mol. The van der Waals surface area contributed by atoms with Crippen molar-refractivity contribution in [2.24, 2.45) is 0 Å². The number of hydrogen-bond acceptors (Lipinski definition) is 4. The fourth-order valence-corrected chi connectivity index (χ4v) is 3.89. The van der Waals surface area contributed by atoms with Crippen LogP contribution in [0.15, 0.2) is 115 Å². The number of aromatic nitrogens is 1. The predicted molar refractivity (Wildman–Crippen MR) is 148 cm³/mol. The van der Waals surface area contributed by atoms with E-state index in [-0.39, 0.29) is 5.70 Å². The maximum atomic E-state index is 13.4. The second kappa shape index (κ2) is 11.2. The van der Waals surface area contributed by atoms with Crippen LogP contribution in [0.2, 0.25) is 0 Å². The topological polar surface area (TPSA) is 92.5 Å². The lowest BCUT2D eigenvalue weighted by Gasteiger charge is -2.12. The molecule has 1 aromatic heterocycles. The van der Waals surface area contributed by atoms with E-state index >= 15 is 0 Å². The van der Waals surface area contributed by atoms with Gasteiger partial charge in [-0.2, -0.15) is 0 Å². The van der Waals surface area contributed by atoms with Crippen LogP contribution < -0.4 is 20.1 Å². The Morgan fingerprint density at radius 2 is 1.45 bits per heavy atom. The number of nitrogens with one attached hydrogen (secondary N) is 3. The summed E-state index contributed by atoms with van der Waals surface area (Å²) in [5, 5.41) is 6.48. The van der Waals surface area contributed by atoms with Gasteiger partial charge in [-0.15, -0.1) is 0 Å². The maximum absolute atomic E-state index is 13.4. The summed E-state index contributed by atoms with van der Waals surface area (Å²) >= 11 is 0. The van der Waals surface area contributed by atoms with E-state index in [0.717, 1.165) is 16.5 Å². The van der Waals surface area contributed by atoms with Crippen LogP contribution in [0.4, 0.5) is 5.69 Å². The molecule has 0 aliphatic rings. The number of benzene rings is 4. The molecule has 0 aliphatic heterocycles. The van der Waals surface area contributed by atoms with Gasteiger partial charge in [0.25, 0.3) is 11.8 Å². The van der Waals surface area contributed by atoms with Gasteiger partial charge in [-0.25, -0.2) is 0 Å². The lowest BCUT2D eigenvalue weighted by Crippen LogP contribution is -2.30. The molecule has 2 amide bonds. The predicted octanol–water partition coefficient (Wildman–Crippen LogP) is 6.38. The van der Waals surface area contributed by atoms with Gasteiger partial charge in [0.2, 0.25) is 0 Å². The standard InChI is InChI=1S/C31H25N3O4/c1-37-26-16-17-28-27(19-26)22(20-32-28)18-29(34-30(35)21-8-4-2-5-9-21)31(36)33-23-12-14-25(15-13-23)38-24-10-6-3-7-11-24/h2-20,32H,1H3,(H,33,36)(H,34,35)/b29-18+. The molecule has 4 aromatic carbocycles. The summed E-state index contributed by atoms with van der Waals surface area (Å²) < 4.78 is 11.2. The summed E-state index contributed by atoms with van der Waals surface area (Å²) in [5.74, 6) is 1.17. The van der Waals surface area contributed by atoms with Crippen molar-refractivity contribution in [2.45, 2.75) is 0 Å². The first-order valence-corrected chi connectivity index (χ1v) is 12.0. The molecule has 1 heterocycles. The average Bonchev–Trinajstić information content (AvgIpc) is 3.36. The van der Waals surface area contributed by atoms with E-state index < -0.39 is 11.8 Å². The van der Waals surface area contributed by atoms with Crippen LogP contribution >= 0.6 is 0 Å². The largest absolute Gasteiger partial charge is 0.497 e. The molecular weight excluding hydrogens is 478 g/mol. The number of para-hydroxylation sites is 1. The van der Waals surface area contributed by atoms with Gasteiger partial charge in [0.15, 0.2) is 0 Å². The molecular formula is C31H25N3O4. The van der Waals surface area contributed by atoms with Crippen molar-refractivity contribution in [3.63, 3.8) is 0 Å². The summed E-state index contributed by atoms with van der Waals surface area (Å²) in [5.41, 5.74) is 2.68. The van der Waals surface area contributed by atoms with Crippen molar-refractivity contribution in [2.75, 3.05) is 12.4 Å². The molecule has 0 saturated heterocycles. The number of rotatable bonds is 8. The quantitative estimate of drug-likeness (QED) is 0.214. The van der Waals surface area contributed by atoms with E-state index in [0.29, 0.717) is 28.5 Å². The Kier molecular flexibility index (Phi) is 7.18. The SMILES string of the molecule is COc1ccc2[nH]cc(/C=C(/NC(=O)c3ccccc3)C(=O)Nc3ccc(Oc4ccccc4)cc3)c2c1. The Hall–Kier alpha value is -5.30.